The maximum atomic E-state index is 11.4. The summed E-state index contributed by atoms with van der Waals surface area (Å²) in [6.45, 7) is 3.81. The largest absolute Gasteiger partial charge is 0.289 e. The van der Waals surface area contributed by atoms with Gasteiger partial charge in [0, 0.05) is 10.0 Å². The van der Waals surface area contributed by atoms with Gasteiger partial charge in [-0.05, 0) is 43.7 Å². The van der Waals surface area contributed by atoms with E-state index in [0.29, 0.717) is 0 Å². The van der Waals surface area contributed by atoms with E-state index in [1.807, 2.05) is 32.0 Å². The minimum absolute atomic E-state index is 0.0538. The molecule has 0 unspecified atom stereocenters. The average Bonchev–Trinajstić information content (AvgIpc) is 2.10. The molecular weight excluding hydrogens is 228 g/mol. The van der Waals surface area contributed by atoms with Crippen molar-refractivity contribution in [1.82, 2.24) is 0 Å². The topological polar surface area (TPSA) is 17.1 Å². The monoisotopic (exact) mass is 238 g/mol. The van der Waals surface area contributed by atoms with E-state index in [1.165, 1.54) is 0 Å². The average molecular weight is 239 g/mol. The summed E-state index contributed by atoms with van der Waals surface area (Å²) in [4.78, 5) is 11.4. The van der Waals surface area contributed by atoms with E-state index in [-0.39, 0.29) is 5.78 Å². The van der Waals surface area contributed by atoms with E-state index >= 15 is 0 Å². The van der Waals surface area contributed by atoms with Gasteiger partial charge in [0.15, 0.2) is 5.78 Å². The first-order valence-corrected chi connectivity index (χ1v) is 4.87. The number of aryl methyl sites for hydroxylation is 1. The fourth-order valence-electron chi connectivity index (χ4n) is 1.05. The van der Waals surface area contributed by atoms with Crippen LogP contribution >= 0.6 is 15.9 Å². The van der Waals surface area contributed by atoms with E-state index in [1.54, 1.807) is 12.2 Å². The maximum absolute atomic E-state index is 11.4. The van der Waals surface area contributed by atoms with E-state index in [4.69, 9.17) is 0 Å². The van der Waals surface area contributed by atoms with Crippen LogP contribution in [0.25, 0.3) is 0 Å². The Kier molecular flexibility index (Phi) is 3.43. The lowest BCUT2D eigenvalue weighted by molar-refractivity contribution is 0.104. The molecule has 0 aliphatic heterocycles. The summed E-state index contributed by atoms with van der Waals surface area (Å²) in [7, 11) is 0. The molecule has 0 aliphatic carbocycles. The van der Waals surface area contributed by atoms with Crippen LogP contribution in [0, 0.1) is 6.92 Å². The van der Waals surface area contributed by atoms with Crippen molar-refractivity contribution in [2.75, 3.05) is 0 Å². The molecule has 68 valence electrons. The quantitative estimate of drug-likeness (QED) is 0.570. The predicted molar refractivity (Wildman–Crippen MR) is 58.0 cm³/mol. The third kappa shape index (κ3) is 2.52. The Labute approximate surface area is 86.6 Å². The Morgan fingerprint density at radius 1 is 1.46 bits per heavy atom. The van der Waals surface area contributed by atoms with Gasteiger partial charge in [0.1, 0.15) is 0 Å². The Morgan fingerprint density at radius 3 is 2.69 bits per heavy atom. The molecule has 1 nitrogen and oxygen atoms in total. The molecule has 0 heterocycles. The first kappa shape index (κ1) is 10.2. The molecule has 0 bridgehead atoms. The molecule has 0 aromatic heterocycles. The predicted octanol–water partition coefficient (Wildman–Crippen LogP) is 3.52. The highest BCUT2D eigenvalue weighted by atomic mass is 79.9. The van der Waals surface area contributed by atoms with Crippen LogP contribution in [0.5, 0.6) is 0 Å². The van der Waals surface area contributed by atoms with Crippen molar-refractivity contribution < 1.29 is 4.79 Å². The molecule has 0 atom stereocenters. The van der Waals surface area contributed by atoms with Gasteiger partial charge in [-0.3, -0.25) is 4.79 Å². The number of hydrogen-bond acceptors (Lipinski definition) is 1. The number of hydrogen-bond donors (Lipinski definition) is 0. The molecule has 0 N–H and O–H groups in total. The molecule has 1 aromatic rings. The number of carbonyl (C=O) groups is 1. The van der Waals surface area contributed by atoms with E-state index in [0.717, 1.165) is 15.6 Å². The molecule has 0 saturated heterocycles. The lowest BCUT2D eigenvalue weighted by Crippen LogP contribution is -1.94. The van der Waals surface area contributed by atoms with Gasteiger partial charge in [0.2, 0.25) is 0 Å². The maximum Gasteiger partial charge on any atom is 0.185 e. The lowest BCUT2D eigenvalue weighted by atomic mass is 10.1. The van der Waals surface area contributed by atoms with Crippen molar-refractivity contribution in [3.05, 3.63) is 46.0 Å². The summed E-state index contributed by atoms with van der Waals surface area (Å²) < 4.78 is 1.03. The zero-order valence-corrected chi connectivity index (χ0v) is 9.26. The van der Waals surface area contributed by atoms with Crippen LogP contribution in [-0.4, -0.2) is 5.78 Å². The molecular formula is C11H11BrO. The van der Waals surface area contributed by atoms with Crippen molar-refractivity contribution in [3.63, 3.8) is 0 Å². The number of ketones is 1. The van der Waals surface area contributed by atoms with Crippen LogP contribution in [0.1, 0.15) is 22.8 Å². The Morgan fingerprint density at radius 2 is 2.15 bits per heavy atom. The highest BCUT2D eigenvalue weighted by molar-refractivity contribution is 9.10. The van der Waals surface area contributed by atoms with E-state index in [9.17, 15) is 4.79 Å². The van der Waals surface area contributed by atoms with Crippen molar-refractivity contribution in [2.45, 2.75) is 13.8 Å². The summed E-state index contributed by atoms with van der Waals surface area (Å²) in [6.07, 6.45) is 3.32. The van der Waals surface area contributed by atoms with Crippen LogP contribution in [0.3, 0.4) is 0 Å². The molecule has 0 saturated carbocycles. The van der Waals surface area contributed by atoms with E-state index in [2.05, 4.69) is 15.9 Å². The minimum atomic E-state index is 0.0538. The molecule has 0 aliphatic rings. The lowest BCUT2D eigenvalue weighted by Gasteiger charge is -2.00. The number of rotatable bonds is 2. The van der Waals surface area contributed by atoms with Gasteiger partial charge < -0.3 is 0 Å². The van der Waals surface area contributed by atoms with Crippen LogP contribution < -0.4 is 0 Å². The normalized spacial score (nSPS) is 10.7. The van der Waals surface area contributed by atoms with Gasteiger partial charge in [-0.15, -0.1) is 0 Å². The Balaban J connectivity index is 3.04. The van der Waals surface area contributed by atoms with Gasteiger partial charge in [0.25, 0.3) is 0 Å². The van der Waals surface area contributed by atoms with Gasteiger partial charge in [-0.25, -0.2) is 0 Å². The zero-order chi connectivity index (χ0) is 9.84. The second kappa shape index (κ2) is 4.38. The van der Waals surface area contributed by atoms with E-state index < -0.39 is 0 Å². The smallest absolute Gasteiger partial charge is 0.185 e. The van der Waals surface area contributed by atoms with Crippen molar-refractivity contribution in [1.29, 1.82) is 0 Å². The minimum Gasteiger partial charge on any atom is -0.289 e. The molecule has 0 radical (unpaired) electrons. The molecule has 1 aromatic carbocycles. The molecule has 0 fully saturated rings. The second-order valence-corrected chi connectivity index (χ2v) is 3.68. The SMILES string of the molecule is CC=CC(=O)c1ccc(Br)c(C)c1. The number of carbonyl (C=O) groups excluding carboxylic acids is 1. The number of allylic oxidation sites excluding steroid dienone is 2. The molecule has 0 amide bonds. The van der Waals surface area contributed by atoms with Gasteiger partial charge in [0.05, 0.1) is 0 Å². The highest BCUT2D eigenvalue weighted by Crippen LogP contribution is 2.17. The summed E-state index contributed by atoms with van der Waals surface area (Å²) >= 11 is 3.39. The summed E-state index contributed by atoms with van der Waals surface area (Å²) in [6, 6.07) is 5.60. The molecule has 13 heavy (non-hydrogen) atoms. The van der Waals surface area contributed by atoms with Crippen molar-refractivity contribution in [2.24, 2.45) is 0 Å². The molecule has 2 heteroatoms. The first-order valence-electron chi connectivity index (χ1n) is 4.08. The van der Waals surface area contributed by atoms with Crippen molar-refractivity contribution >= 4 is 21.7 Å². The standard InChI is InChI=1S/C11H11BrO/c1-3-4-11(13)9-5-6-10(12)8(2)7-9/h3-7H,1-2H3. The fourth-order valence-corrected chi connectivity index (χ4v) is 1.29. The van der Waals surface area contributed by atoms with Crippen molar-refractivity contribution in [3.8, 4) is 0 Å². The van der Waals surface area contributed by atoms with Gasteiger partial charge in [-0.1, -0.05) is 22.0 Å². The molecule has 1 rings (SSSR count). The first-order chi connectivity index (χ1) is 6.15. The van der Waals surface area contributed by atoms with Gasteiger partial charge in [-0.2, -0.15) is 0 Å². The Hall–Kier alpha value is -0.890. The third-order valence-electron chi connectivity index (χ3n) is 1.76. The summed E-state index contributed by atoms with van der Waals surface area (Å²) in [5.41, 5.74) is 1.81. The second-order valence-electron chi connectivity index (χ2n) is 2.83. The molecule has 0 spiro atoms. The number of benzene rings is 1. The Bertz CT molecular complexity index is 353. The fraction of sp³-hybridized carbons (Fsp3) is 0.182. The zero-order valence-electron chi connectivity index (χ0n) is 7.67. The summed E-state index contributed by atoms with van der Waals surface area (Å²) in [5.74, 6) is 0.0538. The van der Waals surface area contributed by atoms with Crippen LogP contribution in [0.2, 0.25) is 0 Å². The van der Waals surface area contributed by atoms with Gasteiger partial charge >= 0.3 is 0 Å². The highest BCUT2D eigenvalue weighted by Gasteiger charge is 2.02. The van der Waals surface area contributed by atoms with Crippen LogP contribution in [-0.2, 0) is 0 Å². The summed E-state index contributed by atoms with van der Waals surface area (Å²) in [5, 5.41) is 0. The number of halogens is 1. The third-order valence-corrected chi connectivity index (χ3v) is 2.65. The van der Waals surface area contributed by atoms with Crippen LogP contribution in [0.15, 0.2) is 34.8 Å². The van der Waals surface area contributed by atoms with Crippen LogP contribution in [0.4, 0.5) is 0 Å².